The first-order chi connectivity index (χ1) is 5.08. The molecule has 1 radical (unpaired) electrons. The minimum absolute atomic E-state index is 0.201. The van der Waals surface area contributed by atoms with Gasteiger partial charge in [-0.25, -0.2) is 8.42 Å². The Hall–Kier alpha value is -0.870. The molecule has 0 saturated carbocycles. The molecule has 1 rings (SSSR count). The maximum absolute atomic E-state index is 10.5. The van der Waals surface area contributed by atoms with Gasteiger partial charge >= 0.3 is 0 Å². The molecule has 11 heavy (non-hydrogen) atoms. The Morgan fingerprint density at radius 1 is 1.18 bits per heavy atom. The van der Waals surface area contributed by atoms with Crippen molar-refractivity contribution in [2.24, 2.45) is 0 Å². The third-order valence-corrected chi connectivity index (χ3v) is 1.91. The molecule has 1 N–H and O–H groups in total. The van der Waals surface area contributed by atoms with E-state index in [9.17, 15) is 8.42 Å². The van der Waals surface area contributed by atoms with Gasteiger partial charge in [-0.15, -0.1) is 5.14 Å². The van der Waals surface area contributed by atoms with Gasteiger partial charge in [0.05, 0.1) is 5.75 Å². The number of sulfonamides is 1. The molecule has 0 heterocycles. The van der Waals surface area contributed by atoms with Crippen LogP contribution in [-0.4, -0.2) is 8.42 Å². The summed E-state index contributed by atoms with van der Waals surface area (Å²) in [6.07, 6.45) is 0. The lowest BCUT2D eigenvalue weighted by Crippen LogP contribution is -2.03. The molecule has 0 unspecified atom stereocenters. The van der Waals surface area contributed by atoms with Crippen LogP contribution in [0.25, 0.3) is 0 Å². The second-order valence-corrected chi connectivity index (χ2v) is 3.76. The standard InChI is InChI=1S/C7H8NO2S/c8-11(9,10)6-7-4-2-1-3-5-7/h1-5,8H,6H2. The van der Waals surface area contributed by atoms with Gasteiger partial charge in [-0.3, -0.25) is 0 Å². The highest BCUT2D eigenvalue weighted by molar-refractivity contribution is 7.88. The lowest BCUT2D eigenvalue weighted by atomic mass is 10.2. The highest BCUT2D eigenvalue weighted by Crippen LogP contribution is 2.02. The monoisotopic (exact) mass is 170 g/mol. The van der Waals surface area contributed by atoms with Crippen molar-refractivity contribution in [1.82, 2.24) is 5.14 Å². The van der Waals surface area contributed by atoms with Crippen molar-refractivity contribution in [3.8, 4) is 0 Å². The Balaban J connectivity index is 2.82. The molecule has 0 amide bonds. The molecule has 59 valence electrons. The summed E-state index contributed by atoms with van der Waals surface area (Å²) in [5.74, 6) is -0.201. The summed E-state index contributed by atoms with van der Waals surface area (Å²) in [6.45, 7) is 0. The van der Waals surface area contributed by atoms with Crippen molar-refractivity contribution in [3.05, 3.63) is 35.9 Å². The zero-order chi connectivity index (χ0) is 8.32. The number of hydrogen-bond acceptors (Lipinski definition) is 2. The van der Waals surface area contributed by atoms with Crippen molar-refractivity contribution in [2.75, 3.05) is 0 Å². The molecular formula is C7H8NO2S. The molecule has 0 bridgehead atoms. The van der Waals surface area contributed by atoms with Gasteiger partial charge < -0.3 is 0 Å². The minimum Gasteiger partial charge on any atom is -0.211 e. The van der Waals surface area contributed by atoms with Crippen molar-refractivity contribution in [1.29, 1.82) is 0 Å². The Morgan fingerprint density at radius 2 is 1.73 bits per heavy atom. The van der Waals surface area contributed by atoms with Crippen molar-refractivity contribution in [2.45, 2.75) is 5.75 Å². The van der Waals surface area contributed by atoms with Gasteiger partial charge in [-0.2, -0.15) is 0 Å². The van der Waals surface area contributed by atoms with Crippen LogP contribution < -0.4 is 5.14 Å². The van der Waals surface area contributed by atoms with Gasteiger partial charge in [0.25, 0.3) is 0 Å². The molecule has 0 spiro atoms. The summed E-state index contributed by atoms with van der Waals surface area (Å²) in [7, 11) is -3.63. The quantitative estimate of drug-likeness (QED) is 0.659. The number of hydrogen-bond donors (Lipinski definition) is 0. The zero-order valence-corrected chi connectivity index (χ0v) is 6.64. The molecule has 0 aliphatic rings. The van der Waals surface area contributed by atoms with Crippen LogP contribution in [0.1, 0.15) is 5.56 Å². The fourth-order valence-electron chi connectivity index (χ4n) is 0.794. The third-order valence-electron chi connectivity index (χ3n) is 1.20. The lowest BCUT2D eigenvalue weighted by Gasteiger charge is -1.95. The van der Waals surface area contributed by atoms with E-state index in [1.54, 1.807) is 30.3 Å². The Morgan fingerprint density at radius 3 is 2.18 bits per heavy atom. The number of benzene rings is 1. The second-order valence-electron chi connectivity index (χ2n) is 2.24. The summed E-state index contributed by atoms with van der Waals surface area (Å²) in [4.78, 5) is 0. The average Bonchev–Trinajstić information content (AvgIpc) is 1.85. The van der Waals surface area contributed by atoms with Gasteiger partial charge in [0, 0.05) is 0 Å². The number of rotatable bonds is 2. The van der Waals surface area contributed by atoms with Crippen LogP contribution in [0.2, 0.25) is 0 Å². The first-order valence-electron chi connectivity index (χ1n) is 3.09. The van der Waals surface area contributed by atoms with E-state index < -0.39 is 10.0 Å². The molecule has 0 atom stereocenters. The maximum Gasteiger partial charge on any atom is 0.229 e. The van der Waals surface area contributed by atoms with Gasteiger partial charge in [-0.05, 0) is 5.56 Å². The summed E-state index contributed by atoms with van der Waals surface area (Å²) in [6, 6.07) is 8.68. The third kappa shape index (κ3) is 3.15. The average molecular weight is 170 g/mol. The van der Waals surface area contributed by atoms with E-state index in [0.717, 1.165) is 0 Å². The fraction of sp³-hybridized carbons (Fsp3) is 0.143. The molecule has 0 aromatic heterocycles. The summed E-state index contributed by atoms with van der Waals surface area (Å²) < 4.78 is 20.9. The Labute approximate surface area is 65.9 Å². The van der Waals surface area contributed by atoms with Crippen LogP contribution in [0, 0.1) is 0 Å². The van der Waals surface area contributed by atoms with Crippen LogP contribution >= 0.6 is 0 Å². The SMILES string of the molecule is [NH]S(=O)(=O)Cc1ccccc1. The lowest BCUT2D eigenvalue weighted by molar-refractivity contribution is 0.595. The molecule has 1 aromatic rings. The molecule has 0 saturated heterocycles. The largest absolute Gasteiger partial charge is 0.229 e. The summed E-state index contributed by atoms with van der Waals surface area (Å²) in [5, 5.41) is 6.64. The molecule has 0 aliphatic heterocycles. The molecule has 4 heteroatoms. The van der Waals surface area contributed by atoms with Gasteiger partial charge in [0.15, 0.2) is 0 Å². The fourth-order valence-corrected chi connectivity index (χ4v) is 1.42. The van der Waals surface area contributed by atoms with E-state index in [4.69, 9.17) is 5.14 Å². The predicted molar refractivity (Wildman–Crippen MR) is 42.2 cm³/mol. The van der Waals surface area contributed by atoms with E-state index in [0.29, 0.717) is 5.56 Å². The highest BCUT2D eigenvalue weighted by Gasteiger charge is 2.03. The zero-order valence-electron chi connectivity index (χ0n) is 5.82. The normalized spacial score (nSPS) is 11.4. The molecular weight excluding hydrogens is 162 g/mol. The van der Waals surface area contributed by atoms with Crippen molar-refractivity contribution in [3.63, 3.8) is 0 Å². The van der Waals surface area contributed by atoms with Crippen molar-refractivity contribution >= 4 is 10.0 Å². The van der Waals surface area contributed by atoms with Crippen LogP contribution in [0.5, 0.6) is 0 Å². The van der Waals surface area contributed by atoms with Crippen LogP contribution in [0.15, 0.2) is 30.3 Å². The Bertz CT molecular complexity index is 318. The topological polar surface area (TPSA) is 57.9 Å². The second kappa shape index (κ2) is 3.02. The minimum atomic E-state index is -3.63. The van der Waals surface area contributed by atoms with Crippen LogP contribution in [-0.2, 0) is 15.8 Å². The van der Waals surface area contributed by atoms with E-state index in [-0.39, 0.29) is 5.75 Å². The van der Waals surface area contributed by atoms with Gasteiger partial charge in [0.2, 0.25) is 10.0 Å². The number of nitrogens with one attached hydrogen (secondary N) is 1. The highest BCUT2D eigenvalue weighted by atomic mass is 32.2. The van der Waals surface area contributed by atoms with E-state index in [2.05, 4.69) is 0 Å². The van der Waals surface area contributed by atoms with E-state index in [1.807, 2.05) is 0 Å². The predicted octanol–water partition coefficient (Wildman–Crippen LogP) is 0.799. The first kappa shape index (κ1) is 8.23. The summed E-state index contributed by atoms with van der Waals surface area (Å²) in [5.41, 5.74) is 0.655. The smallest absolute Gasteiger partial charge is 0.211 e. The van der Waals surface area contributed by atoms with Gasteiger partial charge in [0.1, 0.15) is 0 Å². The molecule has 0 fully saturated rings. The Kier molecular flexibility index (Phi) is 2.26. The van der Waals surface area contributed by atoms with Crippen LogP contribution in [0.4, 0.5) is 0 Å². The molecule has 1 aromatic carbocycles. The summed E-state index contributed by atoms with van der Waals surface area (Å²) >= 11 is 0. The molecule has 0 aliphatic carbocycles. The van der Waals surface area contributed by atoms with Crippen LogP contribution in [0.3, 0.4) is 0 Å². The maximum atomic E-state index is 10.5. The first-order valence-corrected chi connectivity index (χ1v) is 4.74. The van der Waals surface area contributed by atoms with E-state index >= 15 is 0 Å². The molecule has 3 nitrogen and oxygen atoms in total. The van der Waals surface area contributed by atoms with E-state index in [1.165, 1.54) is 0 Å². The van der Waals surface area contributed by atoms with Crippen molar-refractivity contribution < 1.29 is 8.42 Å². The van der Waals surface area contributed by atoms with Gasteiger partial charge in [-0.1, -0.05) is 30.3 Å².